The van der Waals surface area contributed by atoms with Gasteiger partial charge in [0.2, 0.25) is 15.9 Å². The van der Waals surface area contributed by atoms with Gasteiger partial charge in [-0.25, -0.2) is 17.8 Å². The molecule has 1 unspecified atom stereocenters. The number of hydrogen-bond acceptors (Lipinski definition) is 6. The summed E-state index contributed by atoms with van der Waals surface area (Å²) < 4.78 is 40.7. The fraction of sp³-hybridized carbons (Fsp3) is 0.350. The average Bonchev–Trinajstić information content (AvgIpc) is 3.17. The van der Waals surface area contributed by atoms with E-state index in [9.17, 15) is 17.6 Å². The highest BCUT2D eigenvalue weighted by Crippen LogP contribution is 2.33. The van der Waals surface area contributed by atoms with Gasteiger partial charge in [-0.2, -0.15) is 4.31 Å². The molecule has 4 rings (SSSR count). The number of halogens is 1. The highest BCUT2D eigenvalue weighted by molar-refractivity contribution is 7.88. The van der Waals surface area contributed by atoms with Gasteiger partial charge in [0.15, 0.2) is 5.13 Å². The van der Waals surface area contributed by atoms with Gasteiger partial charge in [0.05, 0.1) is 17.5 Å². The Kier molecular flexibility index (Phi) is 5.81. The molecule has 10 heteroatoms. The van der Waals surface area contributed by atoms with Crippen LogP contribution >= 0.6 is 11.3 Å². The molecule has 158 valence electrons. The maximum absolute atomic E-state index is 14.2. The summed E-state index contributed by atoms with van der Waals surface area (Å²) in [5.41, 5.74) is 0.970. The number of nitrogens with zero attached hydrogens (tertiary/aromatic N) is 4. The number of rotatable bonds is 5. The van der Waals surface area contributed by atoms with Crippen molar-refractivity contribution in [1.82, 2.24) is 14.3 Å². The van der Waals surface area contributed by atoms with Crippen LogP contribution in [-0.2, 0) is 21.4 Å². The first-order valence-corrected chi connectivity index (χ1v) is 12.2. The van der Waals surface area contributed by atoms with Crippen molar-refractivity contribution in [2.75, 3.05) is 17.7 Å². The molecule has 1 aliphatic heterocycles. The van der Waals surface area contributed by atoms with Gasteiger partial charge in [-0.3, -0.25) is 14.7 Å². The van der Waals surface area contributed by atoms with Gasteiger partial charge >= 0.3 is 0 Å². The van der Waals surface area contributed by atoms with E-state index in [0.29, 0.717) is 29.2 Å². The standard InChI is InChI=1S/C20H21FN4O3S2/c1-30(27,28)25-11-3-2-8-16(25)19(26)24(13-14-6-5-10-22-12-14)20-23-18-15(21)7-4-9-17(18)29-20/h4-7,9-10,12,16H,2-3,8,11,13H2,1H3. The van der Waals surface area contributed by atoms with Crippen LogP contribution < -0.4 is 4.90 Å². The Morgan fingerprint density at radius 3 is 2.83 bits per heavy atom. The van der Waals surface area contributed by atoms with Crippen LogP contribution in [-0.4, -0.2) is 47.4 Å². The third kappa shape index (κ3) is 4.21. The van der Waals surface area contributed by atoms with Gasteiger partial charge in [0.25, 0.3) is 0 Å². The zero-order valence-electron chi connectivity index (χ0n) is 16.4. The molecule has 0 bridgehead atoms. The van der Waals surface area contributed by atoms with E-state index in [1.165, 1.54) is 26.6 Å². The first-order valence-electron chi connectivity index (χ1n) is 9.57. The molecule has 3 aromatic rings. The fourth-order valence-electron chi connectivity index (χ4n) is 3.66. The van der Waals surface area contributed by atoms with Crippen molar-refractivity contribution < 1.29 is 17.6 Å². The first-order chi connectivity index (χ1) is 14.3. The summed E-state index contributed by atoms with van der Waals surface area (Å²) in [5.74, 6) is -0.817. The fourth-order valence-corrected chi connectivity index (χ4v) is 5.76. The number of fused-ring (bicyclic) bond motifs is 1. The van der Waals surface area contributed by atoms with Crippen molar-refractivity contribution >= 4 is 42.6 Å². The minimum absolute atomic E-state index is 0.169. The van der Waals surface area contributed by atoms with Gasteiger partial charge in [-0.05, 0) is 36.6 Å². The number of para-hydroxylation sites is 1. The molecule has 1 amide bonds. The summed E-state index contributed by atoms with van der Waals surface area (Å²) >= 11 is 1.21. The number of sulfonamides is 1. The zero-order valence-corrected chi connectivity index (χ0v) is 18.0. The average molecular weight is 449 g/mol. The molecule has 1 atom stereocenters. The Balaban J connectivity index is 1.76. The van der Waals surface area contributed by atoms with Crippen LogP contribution in [0.3, 0.4) is 0 Å². The Morgan fingerprint density at radius 2 is 2.13 bits per heavy atom. The maximum atomic E-state index is 14.2. The molecular formula is C20H21FN4O3S2. The maximum Gasteiger partial charge on any atom is 0.247 e. The van der Waals surface area contributed by atoms with Crippen molar-refractivity contribution in [1.29, 1.82) is 0 Å². The number of piperidine rings is 1. The molecule has 1 fully saturated rings. The third-order valence-electron chi connectivity index (χ3n) is 5.08. The molecule has 0 saturated carbocycles. The van der Waals surface area contributed by atoms with Crippen molar-refractivity contribution in [3.8, 4) is 0 Å². The molecule has 1 aliphatic rings. The smallest absolute Gasteiger partial charge is 0.247 e. The van der Waals surface area contributed by atoms with E-state index in [-0.39, 0.29) is 18.0 Å². The monoisotopic (exact) mass is 448 g/mol. The minimum atomic E-state index is -3.54. The second-order valence-corrected chi connectivity index (χ2v) is 10.2. The lowest BCUT2D eigenvalue weighted by molar-refractivity contribution is -0.123. The molecular weight excluding hydrogens is 427 g/mol. The van der Waals surface area contributed by atoms with E-state index in [0.717, 1.165) is 18.2 Å². The van der Waals surface area contributed by atoms with Crippen LogP contribution in [0.1, 0.15) is 24.8 Å². The molecule has 1 aromatic carbocycles. The second kappa shape index (κ2) is 8.37. The number of carbonyl (C=O) groups excluding carboxylic acids is 1. The summed E-state index contributed by atoms with van der Waals surface area (Å²) in [4.78, 5) is 23.5. The van der Waals surface area contributed by atoms with Crippen LogP contribution in [0.4, 0.5) is 9.52 Å². The number of hydrogen-bond donors (Lipinski definition) is 0. The number of anilines is 1. The zero-order chi connectivity index (χ0) is 21.3. The molecule has 0 aliphatic carbocycles. The van der Waals surface area contributed by atoms with Crippen LogP contribution in [0.15, 0.2) is 42.7 Å². The van der Waals surface area contributed by atoms with Crippen LogP contribution in [0.5, 0.6) is 0 Å². The molecule has 0 radical (unpaired) electrons. The summed E-state index contributed by atoms with van der Waals surface area (Å²) in [7, 11) is -3.54. The SMILES string of the molecule is CS(=O)(=O)N1CCCCC1C(=O)N(Cc1cccnc1)c1nc2c(F)cccc2s1. The molecule has 0 spiro atoms. The Morgan fingerprint density at radius 1 is 1.30 bits per heavy atom. The number of benzene rings is 1. The second-order valence-electron chi connectivity index (χ2n) is 7.25. The number of pyridine rings is 1. The lowest BCUT2D eigenvalue weighted by Gasteiger charge is -2.35. The van der Waals surface area contributed by atoms with Crippen LogP contribution in [0.25, 0.3) is 10.2 Å². The molecule has 2 aromatic heterocycles. The van der Waals surface area contributed by atoms with E-state index in [1.807, 2.05) is 6.07 Å². The lowest BCUT2D eigenvalue weighted by atomic mass is 10.0. The van der Waals surface area contributed by atoms with Gasteiger partial charge in [-0.15, -0.1) is 0 Å². The van der Waals surface area contributed by atoms with Crippen LogP contribution in [0.2, 0.25) is 0 Å². The minimum Gasteiger partial charge on any atom is -0.282 e. The van der Waals surface area contributed by atoms with Crippen molar-refractivity contribution in [3.63, 3.8) is 0 Å². The largest absolute Gasteiger partial charge is 0.282 e. The van der Waals surface area contributed by atoms with Gasteiger partial charge < -0.3 is 0 Å². The number of amides is 1. The Hall–Kier alpha value is -2.43. The highest BCUT2D eigenvalue weighted by atomic mass is 32.2. The van der Waals surface area contributed by atoms with Gasteiger partial charge in [0.1, 0.15) is 17.4 Å². The number of thiazole rings is 1. The molecule has 1 saturated heterocycles. The summed E-state index contributed by atoms with van der Waals surface area (Å²) in [6.07, 6.45) is 6.31. The third-order valence-corrected chi connectivity index (χ3v) is 7.42. The normalized spacial score (nSPS) is 17.9. The Bertz CT molecular complexity index is 1170. The highest BCUT2D eigenvalue weighted by Gasteiger charge is 2.38. The number of aromatic nitrogens is 2. The van der Waals surface area contributed by atoms with Crippen LogP contribution in [0, 0.1) is 5.82 Å². The van der Waals surface area contributed by atoms with Crippen molar-refractivity contribution in [2.45, 2.75) is 31.8 Å². The van der Waals surface area contributed by atoms with E-state index < -0.39 is 21.9 Å². The Labute approximate surface area is 178 Å². The topological polar surface area (TPSA) is 83.5 Å². The molecule has 30 heavy (non-hydrogen) atoms. The first kappa shape index (κ1) is 20.8. The summed E-state index contributed by atoms with van der Waals surface area (Å²) in [5, 5.41) is 0.336. The van der Waals surface area contributed by atoms with E-state index >= 15 is 0 Å². The van der Waals surface area contributed by atoms with Gasteiger partial charge in [-0.1, -0.05) is 29.9 Å². The molecule has 0 N–H and O–H groups in total. The molecule has 3 heterocycles. The molecule has 7 nitrogen and oxygen atoms in total. The summed E-state index contributed by atoms with van der Waals surface area (Å²) in [6.45, 7) is 0.479. The van der Waals surface area contributed by atoms with Crippen molar-refractivity contribution in [2.24, 2.45) is 0 Å². The predicted molar refractivity (Wildman–Crippen MR) is 114 cm³/mol. The van der Waals surface area contributed by atoms with E-state index in [2.05, 4.69) is 9.97 Å². The van der Waals surface area contributed by atoms with E-state index in [4.69, 9.17) is 0 Å². The lowest BCUT2D eigenvalue weighted by Crippen LogP contribution is -2.52. The predicted octanol–water partition coefficient (Wildman–Crippen LogP) is 3.18. The summed E-state index contributed by atoms with van der Waals surface area (Å²) in [6, 6.07) is 7.46. The van der Waals surface area contributed by atoms with Gasteiger partial charge in [0, 0.05) is 18.9 Å². The quantitative estimate of drug-likeness (QED) is 0.599. The van der Waals surface area contributed by atoms with E-state index in [1.54, 1.807) is 30.6 Å². The number of carbonyl (C=O) groups is 1. The van der Waals surface area contributed by atoms with Crippen molar-refractivity contribution in [3.05, 3.63) is 54.1 Å².